The van der Waals surface area contributed by atoms with Gasteiger partial charge < -0.3 is 9.88 Å². The molecule has 88 valence electrons. The Kier molecular flexibility index (Phi) is 3.49. The van der Waals surface area contributed by atoms with Crippen LogP contribution in [0.15, 0.2) is 41.7 Å². The molecule has 0 aliphatic heterocycles. The van der Waals surface area contributed by atoms with E-state index in [1.807, 2.05) is 12.1 Å². The summed E-state index contributed by atoms with van der Waals surface area (Å²) >= 11 is 0. The van der Waals surface area contributed by atoms with E-state index in [1.165, 1.54) is 10.1 Å². The van der Waals surface area contributed by atoms with Gasteiger partial charge in [-0.05, 0) is 24.1 Å². The summed E-state index contributed by atoms with van der Waals surface area (Å²) in [6, 6.07) is 3.91. The van der Waals surface area contributed by atoms with E-state index in [0.717, 1.165) is 6.42 Å². The molecule has 2 rings (SSSR count). The molecular weight excluding hydrogens is 216 g/mol. The van der Waals surface area contributed by atoms with Gasteiger partial charge in [0.25, 0.3) is 5.56 Å². The number of nitrogens with one attached hydrogen (secondary N) is 1. The van der Waals surface area contributed by atoms with Crippen LogP contribution in [0, 0.1) is 0 Å². The molecule has 2 heterocycles. The summed E-state index contributed by atoms with van der Waals surface area (Å²) < 4.78 is 1.50. The number of hydrogen-bond acceptors (Lipinski definition) is 4. The normalized spacial score (nSPS) is 10.2. The molecule has 0 aliphatic rings. The molecule has 2 aromatic heterocycles. The van der Waals surface area contributed by atoms with E-state index >= 15 is 0 Å². The van der Waals surface area contributed by atoms with Gasteiger partial charge in [-0.1, -0.05) is 0 Å². The first-order valence-electron chi connectivity index (χ1n) is 5.42. The molecule has 0 atom stereocenters. The maximum atomic E-state index is 11.6. The number of rotatable bonds is 4. The molecular formula is C12H14N4O. The summed E-state index contributed by atoms with van der Waals surface area (Å²) in [7, 11) is 1.71. The van der Waals surface area contributed by atoms with Gasteiger partial charge in [-0.2, -0.15) is 0 Å². The highest BCUT2D eigenvalue weighted by atomic mass is 16.1. The average molecular weight is 230 g/mol. The van der Waals surface area contributed by atoms with Gasteiger partial charge in [-0.25, -0.2) is 4.98 Å². The summed E-state index contributed by atoms with van der Waals surface area (Å²) in [5.41, 5.74) is 1.07. The van der Waals surface area contributed by atoms with Gasteiger partial charge in [-0.3, -0.25) is 9.78 Å². The molecule has 5 heteroatoms. The molecule has 17 heavy (non-hydrogen) atoms. The topological polar surface area (TPSA) is 59.8 Å². The summed E-state index contributed by atoms with van der Waals surface area (Å²) in [6.45, 7) is 0.677. The van der Waals surface area contributed by atoms with E-state index < -0.39 is 0 Å². The minimum absolute atomic E-state index is 0.109. The Balaban J connectivity index is 1.95. The van der Waals surface area contributed by atoms with Crippen LogP contribution in [-0.4, -0.2) is 21.1 Å². The maximum absolute atomic E-state index is 11.6. The summed E-state index contributed by atoms with van der Waals surface area (Å²) in [5, 5.41) is 3.04. The largest absolute Gasteiger partial charge is 0.365 e. The van der Waals surface area contributed by atoms with E-state index in [-0.39, 0.29) is 5.56 Å². The zero-order chi connectivity index (χ0) is 12.1. The molecule has 0 radical (unpaired) electrons. The third-order valence-electron chi connectivity index (χ3n) is 2.47. The van der Waals surface area contributed by atoms with Crippen molar-refractivity contribution in [1.29, 1.82) is 0 Å². The highest BCUT2D eigenvalue weighted by Gasteiger charge is 2.00. The summed E-state index contributed by atoms with van der Waals surface area (Å²) in [4.78, 5) is 19.6. The van der Waals surface area contributed by atoms with Crippen LogP contribution in [0.5, 0.6) is 0 Å². The third-order valence-corrected chi connectivity index (χ3v) is 2.47. The SMILES string of the molecule is Cn1ccnc(NCCc2ccncc2)c1=O. The molecule has 0 fully saturated rings. The van der Waals surface area contributed by atoms with Crippen LogP contribution in [0.3, 0.4) is 0 Å². The Morgan fingerprint density at radius 2 is 2.06 bits per heavy atom. The Labute approximate surface area is 99.2 Å². The highest BCUT2D eigenvalue weighted by molar-refractivity contribution is 5.31. The van der Waals surface area contributed by atoms with E-state index in [2.05, 4.69) is 15.3 Å². The fraction of sp³-hybridized carbons (Fsp3) is 0.250. The molecule has 0 saturated heterocycles. The molecule has 0 spiro atoms. The van der Waals surface area contributed by atoms with Crippen LogP contribution in [0.4, 0.5) is 5.82 Å². The van der Waals surface area contributed by atoms with Gasteiger partial charge in [0.2, 0.25) is 0 Å². The van der Waals surface area contributed by atoms with Gasteiger partial charge in [-0.15, -0.1) is 0 Å². The molecule has 0 bridgehead atoms. The van der Waals surface area contributed by atoms with Gasteiger partial charge in [0.05, 0.1) is 0 Å². The first-order valence-corrected chi connectivity index (χ1v) is 5.42. The van der Waals surface area contributed by atoms with E-state index in [9.17, 15) is 4.79 Å². The first kappa shape index (κ1) is 11.3. The fourth-order valence-corrected chi connectivity index (χ4v) is 1.49. The van der Waals surface area contributed by atoms with Crippen molar-refractivity contribution in [3.63, 3.8) is 0 Å². The highest BCUT2D eigenvalue weighted by Crippen LogP contribution is 1.98. The monoisotopic (exact) mass is 230 g/mol. The third kappa shape index (κ3) is 2.90. The minimum atomic E-state index is -0.109. The zero-order valence-electron chi connectivity index (χ0n) is 9.63. The lowest BCUT2D eigenvalue weighted by molar-refractivity contribution is 0.837. The number of nitrogens with zero attached hydrogens (tertiary/aromatic N) is 3. The van der Waals surface area contributed by atoms with Crippen LogP contribution in [0.1, 0.15) is 5.56 Å². The molecule has 0 aliphatic carbocycles. The van der Waals surface area contributed by atoms with Gasteiger partial charge >= 0.3 is 0 Å². The number of aryl methyl sites for hydroxylation is 1. The first-order chi connectivity index (χ1) is 8.27. The van der Waals surface area contributed by atoms with Crippen molar-refractivity contribution in [2.24, 2.45) is 7.05 Å². The molecule has 1 N–H and O–H groups in total. The smallest absolute Gasteiger partial charge is 0.293 e. The minimum Gasteiger partial charge on any atom is -0.365 e. The molecule has 0 unspecified atom stereocenters. The Bertz CT molecular complexity index is 536. The van der Waals surface area contributed by atoms with Crippen LogP contribution >= 0.6 is 0 Å². The molecule has 5 nitrogen and oxygen atoms in total. The van der Waals surface area contributed by atoms with Crippen molar-refractivity contribution in [2.45, 2.75) is 6.42 Å². The fourth-order valence-electron chi connectivity index (χ4n) is 1.49. The van der Waals surface area contributed by atoms with E-state index in [1.54, 1.807) is 31.8 Å². The number of pyridine rings is 1. The molecule has 2 aromatic rings. The van der Waals surface area contributed by atoms with Gasteiger partial charge in [0, 0.05) is 38.4 Å². The Morgan fingerprint density at radius 1 is 1.29 bits per heavy atom. The van der Waals surface area contributed by atoms with Crippen molar-refractivity contribution in [2.75, 3.05) is 11.9 Å². The molecule has 0 amide bonds. The van der Waals surface area contributed by atoms with Gasteiger partial charge in [0.15, 0.2) is 5.82 Å². The predicted molar refractivity (Wildman–Crippen MR) is 65.9 cm³/mol. The lowest BCUT2D eigenvalue weighted by Crippen LogP contribution is -2.22. The Hall–Kier alpha value is -2.17. The van der Waals surface area contributed by atoms with Crippen LogP contribution < -0.4 is 10.9 Å². The number of anilines is 1. The molecule has 0 aromatic carbocycles. The van der Waals surface area contributed by atoms with E-state index in [4.69, 9.17) is 0 Å². The molecule has 0 saturated carbocycles. The average Bonchev–Trinajstić information content (AvgIpc) is 2.36. The van der Waals surface area contributed by atoms with Crippen LogP contribution in [0.25, 0.3) is 0 Å². The zero-order valence-corrected chi connectivity index (χ0v) is 9.63. The summed E-state index contributed by atoms with van der Waals surface area (Å²) in [5.74, 6) is 0.393. The quantitative estimate of drug-likeness (QED) is 0.845. The van der Waals surface area contributed by atoms with Crippen molar-refractivity contribution in [3.8, 4) is 0 Å². The van der Waals surface area contributed by atoms with Crippen LogP contribution in [0.2, 0.25) is 0 Å². The number of hydrogen-bond donors (Lipinski definition) is 1. The van der Waals surface area contributed by atoms with Crippen molar-refractivity contribution in [1.82, 2.24) is 14.5 Å². The lowest BCUT2D eigenvalue weighted by Gasteiger charge is -2.05. The van der Waals surface area contributed by atoms with Crippen molar-refractivity contribution >= 4 is 5.82 Å². The standard InChI is InChI=1S/C12H14N4O/c1-16-9-8-15-11(12(16)17)14-7-4-10-2-5-13-6-3-10/h2-3,5-6,8-9H,4,7H2,1H3,(H,14,15). The lowest BCUT2D eigenvalue weighted by atomic mass is 10.2. The van der Waals surface area contributed by atoms with Crippen molar-refractivity contribution in [3.05, 3.63) is 52.8 Å². The van der Waals surface area contributed by atoms with E-state index in [0.29, 0.717) is 12.4 Å². The second kappa shape index (κ2) is 5.25. The van der Waals surface area contributed by atoms with Crippen LogP contribution in [-0.2, 0) is 13.5 Å². The number of aromatic nitrogens is 3. The maximum Gasteiger partial charge on any atom is 0.293 e. The second-order valence-corrected chi connectivity index (χ2v) is 3.72. The van der Waals surface area contributed by atoms with Crippen molar-refractivity contribution < 1.29 is 0 Å². The second-order valence-electron chi connectivity index (χ2n) is 3.72. The van der Waals surface area contributed by atoms with Gasteiger partial charge in [0.1, 0.15) is 0 Å². The predicted octanol–water partition coefficient (Wildman–Crippen LogP) is 0.830. The Morgan fingerprint density at radius 3 is 2.82 bits per heavy atom. The summed E-state index contributed by atoms with van der Waals surface area (Å²) in [6.07, 6.45) is 7.60.